The third-order valence-electron chi connectivity index (χ3n) is 4.12. The van der Waals surface area contributed by atoms with E-state index < -0.39 is 0 Å². The summed E-state index contributed by atoms with van der Waals surface area (Å²) in [6.45, 7) is 8.68. The first-order valence-corrected chi connectivity index (χ1v) is 7.16. The number of nitrogens with zero attached hydrogens (tertiary/aromatic N) is 1. The van der Waals surface area contributed by atoms with E-state index in [2.05, 4.69) is 25.7 Å². The van der Waals surface area contributed by atoms with Crippen LogP contribution in [-0.4, -0.2) is 40.8 Å². The van der Waals surface area contributed by atoms with E-state index in [1.165, 1.54) is 32.1 Å². The number of piperidine rings is 1. The molecule has 17 heavy (non-hydrogen) atoms. The molecule has 2 atom stereocenters. The molecule has 0 aliphatic carbocycles. The summed E-state index contributed by atoms with van der Waals surface area (Å²) in [6, 6.07) is -0.0707. The number of nitrogens with two attached hydrogens (primary N) is 1. The number of aliphatic hydroxyl groups is 1. The van der Waals surface area contributed by atoms with Crippen molar-refractivity contribution in [1.82, 2.24) is 4.90 Å². The van der Waals surface area contributed by atoms with Crippen molar-refractivity contribution in [3.8, 4) is 0 Å². The predicted octanol–water partition coefficient (Wildman–Crippen LogP) is 2.13. The van der Waals surface area contributed by atoms with E-state index in [4.69, 9.17) is 5.73 Å². The highest BCUT2D eigenvalue weighted by atomic mass is 16.3. The van der Waals surface area contributed by atoms with Gasteiger partial charge in [0.05, 0.1) is 6.10 Å². The fourth-order valence-electron chi connectivity index (χ4n) is 2.66. The van der Waals surface area contributed by atoms with Gasteiger partial charge in [0.1, 0.15) is 0 Å². The second-order valence-corrected chi connectivity index (χ2v) is 6.09. The van der Waals surface area contributed by atoms with Crippen LogP contribution in [0.1, 0.15) is 59.3 Å². The maximum Gasteiger partial charge on any atom is 0.0715 e. The standard InChI is InChI=1S/C14H30N2O/c1-4-5-6-7-9-14(2,3)16-10-8-13(17)12(15)11-16/h12-13,17H,4-11,15H2,1-3H3. The fourth-order valence-corrected chi connectivity index (χ4v) is 2.66. The Hall–Kier alpha value is -0.120. The van der Waals surface area contributed by atoms with Crippen LogP contribution in [0.25, 0.3) is 0 Å². The number of rotatable bonds is 6. The molecule has 102 valence electrons. The fraction of sp³-hybridized carbons (Fsp3) is 1.00. The molecule has 0 bridgehead atoms. The molecule has 3 nitrogen and oxygen atoms in total. The highest BCUT2D eigenvalue weighted by Gasteiger charge is 2.33. The third kappa shape index (κ3) is 4.57. The largest absolute Gasteiger partial charge is 0.391 e. The van der Waals surface area contributed by atoms with Crippen molar-refractivity contribution in [1.29, 1.82) is 0 Å². The zero-order chi connectivity index (χ0) is 12.9. The van der Waals surface area contributed by atoms with Gasteiger partial charge in [-0.25, -0.2) is 0 Å². The van der Waals surface area contributed by atoms with Gasteiger partial charge in [-0.2, -0.15) is 0 Å². The van der Waals surface area contributed by atoms with Gasteiger partial charge in [0, 0.05) is 24.7 Å². The average Bonchev–Trinajstić information content (AvgIpc) is 2.28. The minimum Gasteiger partial charge on any atom is -0.391 e. The first-order chi connectivity index (χ1) is 7.97. The molecule has 0 aromatic carbocycles. The summed E-state index contributed by atoms with van der Waals surface area (Å²) < 4.78 is 0. The molecular weight excluding hydrogens is 212 g/mol. The molecule has 2 unspecified atom stereocenters. The van der Waals surface area contributed by atoms with Crippen LogP contribution < -0.4 is 5.73 Å². The summed E-state index contributed by atoms with van der Waals surface area (Å²) in [5.41, 5.74) is 6.18. The quantitative estimate of drug-likeness (QED) is 0.702. The van der Waals surface area contributed by atoms with E-state index in [0.717, 1.165) is 19.5 Å². The first kappa shape index (κ1) is 14.9. The van der Waals surface area contributed by atoms with Crippen LogP contribution in [0.5, 0.6) is 0 Å². The SMILES string of the molecule is CCCCCCC(C)(C)N1CCC(O)C(N)C1. The lowest BCUT2D eigenvalue weighted by atomic mass is 9.90. The Morgan fingerprint density at radius 1 is 1.29 bits per heavy atom. The predicted molar refractivity (Wildman–Crippen MR) is 73.0 cm³/mol. The molecule has 0 aromatic rings. The Bertz CT molecular complexity index is 218. The van der Waals surface area contributed by atoms with Gasteiger partial charge >= 0.3 is 0 Å². The molecule has 0 radical (unpaired) electrons. The Morgan fingerprint density at radius 3 is 2.59 bits per heavy atom. The van der Waals surface area contributed by atoms with Crippen molar-refractivity contribution in [2.75, 3.05) is 13.1 Å². The van der Waals surface area contributed by atoms with Crippen molar-refractivity contribution in [3.05, 3.63) is 0 Å². The molecule has 1 fully saturated rings. The molecule has 0 saturated carbocycles. The van der Waals surface area contributed by atoms with Gasteiger partial charge in [0.25, 0.3) is 0 Å². The number of likely N-dealkylation sites (tertiary alicyclic amines) is 1. The van der Waals surface area contributed by atoms with Gasteiger partial charge in [-0.15, -0.1) is 0 Å². The van der Waals surface area contributed by atoms with E-state index in [-0.39, 0.29) is 17.7 Å². The molecule has 0 amide bonds. The van der Waals surface area contributed by atoms with Gasteiger partial charge in [-0.3, -0.25) is 4.90 Å². The second kappa shape index (κ2) is 6.72. The van der Waals surface area contributed by atoms with Crippen molar-refractivity contribution < 1.29 is 5.11 Å². The van der Waals surface area contributed by atoms with E-state index in [0.29, 0.717) is 0 Å². The lowest BCUT2D eigenvalue weighted by Crippen LogP contribution is -2.57. The van der Waals surface area contributed by atoms with Gasteiger partial charge < -0.3 is 10.8 Å². The first-order valence-electron chi connectivity index (χ1n) is 7.16. The molecular formula is C14H30N2O. The monoisotopic (exact) mass is 242 g/mol. The van der Waals surface area contributed by atoms with Gasteiger partial charge in [-0.05, 0) is 26.7 Å². The Labute approximate surface area is 106 Å². The lowest BCUT2D eigenvalue weighted by molar-refractivity contribution is 0.0113. The highest BCUT2D eigenvalue weighted by Crippen LogP contribution is 2.25. The number of hydrogen-bond donors (Lipinski definition) is 2. The van der Waals surface area contributed by atoms with Crippen LogP contribution in [-0.2, 0) is 0 Å². The van der Waals surface area contributed by atoms with Gasteiger partial charge in [0.2, 0.25) is 0 Å². The number of unbranched alkanes of at least 4 members (excludes halogenated alkanes) is 3. The molecule has 0 aromatic heterocycles. The average molecular weight is 242 g/mol. The maximum absolute atomic E-state index is 9.66. The normalized spacial score (nSPS) is 27.4. The minimum atomic E-state index is -0.304. The zero-order valence-corrected chi connectivity index (χ0v) is 11.8. The van der Waals surface area contributed by atoms with E-state index >= 15 is 0 Å². The minimum absolute atomic E-state index is 0.0707. The van der Waals surface area contributed by atoms with Crippen LogP contribution in [0.15, 0.2) is 0 Å². The summed E-state index contributed by atoms with van der Waals surface area (Å²) in [5.74, 6) is 0. The van der Waals surface area contributed by atoms with Crippen molar-refractivity contribution in [3.63, 3.8) is 0 Å². The van der Waals surface area contributed by atoms with Crippen LogP contribution >= 0.6 is 0 Å². The zero-order valence-electron chi connectivity index (χ0n) is 11.8. The Balaban J connectivity index is 2.36. The molecule has 0 spiro atoms. The lowest BCUT2D eigenvalue weighted by Gasteiger charge is -2.44. The molecule has 1 saturated heterocycles. The summed E-state index contributed by atoms with van der Waals surface area (Å²) in [7, 11) is 0. The summed E-state index contributed by atoms with van der Waals surface area (Å²) in [6.07, 6.45) is 7.02. The van der Waals surface area contributed by atoms with E-state index in [1.807, 2.05) is 0 Å². The smallest absolute Gasteiger partial charge is 0.0715 e. The van der Waals surface area contributed by atoms with Crippen LogP contribution in [0.3, 0.4) is 0 Å². The molecule has 1 aliphatic heterocycles. The van der Waals surface area contributed by atoms with Crippen molar-refractivity contribution in [2.45, 2.75) is 77.0 Å². The van der Waals surface area contributed by atoms with Crippen LogP contribution in [0, 0.1) is 0 Å². The summed E-state index contributed by atoms with van der Waals surface area (Å²) >= 11 is 0. The second-order valence-electron chi connectivity index (χ2n) is 6.09. The van der Waals surface area contributed by atoms with Crippen molar-refractivity contribution >= 4 is 0 Å². The summed E-state index contributed by atoms with van der Waals surface area (Å²) in [5, 5.41) is 9.66. The summed E-state index contributed by atoms with van der Waals surface area (Å²) in [4.78, 5) is 2.45. The van der Waals surface area contributed by atoms with Gasteiger partial charge in [0.15, 0.2) is 0 Å². The van der Waals surface area contributed by atoms with Gasteiger partial charge in [-0.1, -0.05) is 32.6 Å². The molecule has 3 heteroatoms. The highest BCUT2D eigenvalue weighted by molar-refractivity contribution is 4.90. The Kier molecular flexibility index (Phi) is 5.90. The third-order valence-corrected chi connectivity index (χ3v) is 4.12. The topological polar surface area (TPSA) is 49.5 Å². The molecule has 1 rings (SSSR count). The van der Waals surface area contributed by atoms with Crippen molar-refractivity contribution in [2.24, 2.45) is 5.73 Å². The maximum atomic E-state index is 9.66. The Morgan fingerprint density at radius 2 is 2.00 bits per heavy atom. The van der Waals surface area contributed by atoms with Crippen LogP contribution in [0.2, 0.25) is 0 Å². The molecule has 1 aliphatic rings. The van der Waals surface area contributed by atoms with Crippen LogP contribution in [0.4, 0.5) is 0 Å². The van der Waals surface area contributed by atoms with E-state index in [9.17, 15) is 5.11 Å². The molecule has 3 N–H and O–H groups in total. The number of hydrogen-bond acceptors (Lipinski definition) is 3. The molecule has 1 heterocycles. The van der Waals surface area contributed by atoms with E-state index in [1.54, 1.807) is 0 Å². The number of aliphatic hydroxyl groups excluding tert-OH is 1.